The van der Waals surface area contributed by atoms with Gasteiger partial charge in [-0.25, -0.2) is 4.79 Å². The molecule has 3 heterocycles. The number of nitrogens with two attached hydrogens (primary N) is 1. The van der Waals surface area contributed by atoms with E-state index in [9.17, 15) is 19.2 Å². The van der Waals surface area contributed by atoms with Crippen molar-refractivity contribution in [3.05, 3.63) is 92.3 Å². The van der Waals surface area contributed by atoms with E-state index in [4.69, 9.17) is 19.9 Å². The maximum absolute atomic E-state index is 13.7. The molecule has 222 valence electrons. The third kappa shape index (κ3) is 6.15. The number of para-hydroxylation sites is 2. The molecule has 0 bridgehead atoms. The highest BCUT2D eigenvalue weighted by molar-refractivity contribution is 7.98. The predicted octanol–water partition coefficient (Wildman–Crippen LogP) is 2.43. The van der Waals surface area contributed by atoms with Gasteiger partial charge in [-0.2, -0.15) is 11.8 Å². The van der Waals surface area contributed by atoms with E-state index < -0.39 is 47.6 Å². The van der Waals surface area contributed by atoms with Gasteiger partial charge in [-0.15, -0.1) is 0 Å². The SMILES string of the molecule is CCc1cn([C@H]2C[C@H](OC(=O)[C@@H](N)CCSC)[C@@H](CNC(=O)C3c4ccccc4Oc4ccccc43)O2)c(=O)[nH]c1=O. The van der Waals surface area contributed by atoms with Gasteiger partial charge in [0.15, 0.2) is 0 Å². The monoisotopic (exact) mass is 594 g/mol. The Morgan fingerprint density at radius 3 is 2.45 bits per heavy atom. The van der Waals surface area contributed by atoms with Gasteiger partial charge in [0.2, 0.25) is 5.91 Å². The van der Waals surface area contributed by atoms with Gasteiger partial charge in [-0.1, -0.05) is 43.3 Å². The fourth-order valence-electron chi connectivity index (χ4n) is 5.27. The highest BCUT2D eigenvalue weighted by atomic mass is 32.2. The Morgan fingerprint density at radius 2 is 1.81 bits per heavy atom. The lowest BCUT2D eigenvalue weighted by Gasteiger charge is -2.28. The molecule has 1 saturated heterocycles. The lowest BCUT2D eigenvalue weighted by atomic mass is 9.87. The first kappa shape index (κ1) is 29.6. The van der Waals surface area contributed by atoms with Gasteiger partial charge in [0, 0.05) is 35.9 Å². The normalized spacial score (nSPS) is 20.2. The molecule has 3 aromatic rings. The Balaban J connectivity index is 1.37. The fourth-order valence-corrected chi connectivity index (χ4v) is 5.76. The number of ether oxygens (including phenoxy) is 3. The van der Waals surface area contributed by atoms with Crippen molar-refractivity contribution in [2.24, 2.45) is 5.73 Å². The number of nitrogens with zero attached hydrogens (tertiary/aromatic N) is 1. The summed E-state index contributed by atoms with van der Waals surface area (Å²) in [6, 6.07) is 13.9. The van der Waals surface area contributed by atoms with E-state index in [2.05, 4.69) is 10.3 Å². The topological polar surface area (TPSA) is 155 Å². The number of hydrogen-bond donors (Lipinski definition) is 3. The number of aryl methyl sites for hydroxylation is 1. The van der Waals surface area contributed by atoms with Crippen molar-refractivity contribution in [1.82, 2.24) is 14.9 Å². The van der Waals surface area contributed by atoms with E-state index >= 15 is 0 Å². The minimum absolute atomic E-state index is 0.00770. The summed E-state index contributed by atoms with van der Waals surface area (Å²) in [5.41, 5.74) is 6.84. The number of aromatic amines is 1. The average Bonchev–Trinajstić information content (AvgIpc) is 3.39. The number of fused-ring (bicyclic) bond motifs is 2. The lowest BCUT2D eigenvalue weighted by molar-refractivity contribution is -0.153. The standard InChI is InChI=1S/C30H34N4O7S/c1-3-17-16-34(30(38)33-27(17)35)25-14-23(41-29(37)20(31)12-13-42-2)24(40-25)15-32-28(36)26-18-8-4-6-10-21(18)39-22-11-7-5-9-19(22)26/h4-11,16,20,23-26H,3,12-15,31H2,1-2H3,(H,32,36)(H,33,35,38)/t20-,23-,24+,25+/m0/s1. The number of amides is 1. The molecule has 1 fully saturated rings. The van der Waals surface area contributed by atoms with Gasteiger partial charge < -0.3 is 25.3 Å². The third-order valence-corrected chi connectivity index (χ3v) is 8.18. The first-order valence-corrected chi connectivity index (χ1v) is 15.3. The van der Waals surface area contributed by atoms with Crippen molar-refractivity contribution >= 4 is 23.6 Å². The quantitative estimate of drug-likeness (QED) is 0.300. The van der Waals surface area contributed by atoms with Gasteiger partial charge in [0.25, 0.3) is 5.56 Å². The Hall–Kier alpha value is -3.87. The summed E-state index contributed by atoms with van der Waals surface area (Å²) in [6.07, 6.45) is 2.00. The van der Waals surface area contributed by atoms with E-state index in [-0.39, 0.29) is 18.9 Å². The van der Waals surface area contributed by atoms with Crippen LogP contribution in [0.5, 0.6) is 11.5 Å². The van der Waals surface area contributed by atoms with Gasteiger partial charge in [0.05, 0.1) is 5.92 Å². The molecule has 4 N–H and O–H groups in total. The summed E-state index contributed by atoms with van der Waals surface area (Å²) in [5.74, 6) is 0.414. The van der Waals surface area contributed by atoms with Crippen LogP contribution in [-0.2, 0) is 25.5 Å². The summed E-state index contributed by atoms with van der Waals surface area (Å²) < 4.78 is 19.3. The molecule has 0 aliphatic carbocycles. The molecule has 2 aliphatic heterocycles. The maximum atomic E-state index is 13.7. The van der Waals surface area contributed by atoms with Crippen LogP contribution in [0.3, 0.4) is 0 Å². The van der Waals surface area contributed by atoms with Crippen LogP contribution in [0.2, 0.25) is 0 Å². The predicted molar refractivity (Wildman–Crippen MR) is 158 cm³/mol. The van der Waals surface area contributed by atoms with Crippen LogP contribution in [0.15, 0.2) is 64.3 Å². The van der Waals surface area contributed by atoms with Crippen LogP contribution in [0.4, 0.5) is 0 Å². The number of aromatic nitrogens is 2. The summed E-state index contributed by atoms with van der Waals surface area (Å²) >= 11 is 1.57. The zero-order valence-corrected chi connectivity index (χ0v) is 24.2. The fraction of sp³-hybridized carbons (Fsp3) is 0.400. The van der Waals surface area contributed by atoms with Crippen molar-refractivity contribution in [1.29, 1.82) is 0 Å². The van der Waals surface area contributed by atoms with E-state index in [1.165, 1.54) is 10.8 Å². The van der Waals surface area contributed by atoms with Crippen LogP contribution < -0.4 is 27.0 Å². The number of H-pyrrole nitrogens is 1. The number of nitrogens with one attached hydrogen (secondary N) is 2. The number of thioether (sulfide) groups is 1. The van der Waals surface area contributed by atoms with Gasteiger partial charge >= 0.3 is 11.7 Å². The van der Waals surface area contributed by atoms with E-state index in [1.807, 2.05) is 54.8 Å². The molecule has 12 heteroatoms. The van der Waals surface area contributed by atoms with Crippen LogP contribution in [0.25, 0.3) is 0 Å². The second-order valence-corrected chi connectivity index (χ2v) is 11.2. The minimum Gasteiger partial charge on any atom is -0.458 e. The van der Waals surface area contributed by atoms with Crippen molar-refractivity contribution < 1.29 is 23.8 Å². The Bertz CT molecular complexity index is 1530. The van der Waals surface area contributed by atoms with E-state index in [1.54, 1.807) is 18.7 Å². The number of esters is 1. The number of carbonyl (C=O) groups is 2. The third-order valence-electron chi connectivity index (χ3n) is 7.54. The Morgan fingerprint density at radius 1 is 1.14 bits per heavy atom. The second-order valence-electron chi connectivity index (χ2n) is 10.3. The van der Waals surface area contributed by atoms with Crippen LogP contribution >= 0.6 is 11.8 Å². The smallest absolute Gasteiger partial charge is 0.330 e. The summed E-state index contributed by atoms with van der Waals surface area (Å²) in [7, 11) is 0. The van der Waals surface area contributed by atoms with Gasteiger partial charge in [-0.3, -0.25) is 23.9 Å². The number of rotatable bonds is 10. The van der Waals surface area contributed by atoms with Gasteiger partial charge in [-0.05, 0) is 37.0 Å². The molecular weight excluding hydrogens is 560 g/mol. The molecule has 2 aliphatic rings. The maximum Gasteiger partial charge on any atom is 0.330 e. The number of benzene rings is 2. The average molecular weight is 595 g/mol. The molecule has 1 amide bonds. The molecule has 1 aromatic heterocycles. The highest BCUT2D eigenvalue weighted by Gasteiger charge is 2.41. The zero-order valence-electron chi connectivity index (χ0n) is 23.4. The molecular formula is C30H34N4O7S. The molecule has 0 unspecified atom stereocenters. The van der Waals surface area contributed by atoms with Gasteiger partial charge in [0.1, 0.15) is 36.0 Å². The van der Waals surface area contributed by atoms with Crippen LogP contribution in [0, 0.1) is 0 Å². The zero-order chi connectivity index (χ0) is 29.8. The highest BCUT2D eigenvalue weighted by Crippen LogP contribution is 2.44. The molecule has 42 heavy (non-hydrogen) atoms. The summed E-state index contributed by atoms with van der Waals surface area (Å²) in [6.45, 7) is 1.81. The summed E-state index contributed by atoms with van der Waals surface area (Å²) in [4.78, 5) is 53.7. The molecule has 4 atom stereocenters. The number of hydrogen-bond acceptors (Lipinski definition) is 9. The minimum atomic E-state index is -0.827. The number of carbonyl (C=O) groups excluding carboxylic acids is 2. The van der Waals surface area contributed by atoms with Crippen LogP contribution in [0.1, 0.15) is 48.6 Å². The van der Waals surface area contributed by atoms with Crippen molar-refractivity contribution in [2.75, 3.05) is 18.6 Å². The largest absolute Gasteiger partial charge is 0.458 e. The molecule has 5 rings (SSSR count). The lowest BCUT2D eigenvalue weighted by Crippen LogP contribution is -2.43. The first-order chi connectivity index (χ1) is 20.3. The van der Waals surface area contributed by atoms with E-state index in [0.717, 1.165) is 11.1 Å². The summed E-state index contributed by atoms with van der Waals surface area (Å²) in [5, 5.41) is 2.97. The molecule has 0 radical (unpaired) electrons. The molecule has 0 spiro atoms. The Kier molecular flexibility index (Phi) is 9.15. The van der Waals surface area contributed by atoms with Crippen LogP contribution in [-0.4, -0.2) is 58.2 Å². The second kappa shape index (κ2) is 13.0. The first-order valence-electron chi connectivity index (χ1n) is 13.9. The molecule has 2 aromatic carbocycles. The molecule has 11 nitrogen and oxygen atoms in total. The molecule has 0 saturated carbocycles. The van der Waals surface area contributed by atoms with Crippen molar-refractivity contribution in [2.45, 2.75) is 56.6 Å². The Labute approximate surface area is 246 Å². The van der Waals surface area contributed by atoms with Crippen molar-refractivity contribution in [3.63, 3.8) is 0 Å². The van der Waals surface area contributed by atoms with Crippen molar-refractivity contribution in [3.8, 4) is 11.5 Å². The van der Waals surface area contributed by atoms with E-state index in [0.29, 0.717) is 35.7 Å².